The van der Waals surface area contributed by atoms with Crippen LogP contribution in [0.5, 0.6) is 0 Å². The first-order valence-corrected chi connectivity index (χ1v) is 3.25. The average molecular weight is 126 g/mol. The van der Waals surface area contributed by atoms with Crippen molar-refractivity contribution in [2.75, 3.05) is 13.2 Å². The van der Waals surface area contributed by atoms with Crippen molar-refractivity contribution in [1.82, 2.24) is 5.32 Å². The number of ether oxygens (including phenoxy) is 1. The fourth-order valence-corrected chi connectivity index (χ4v) is 1.36. The highest BCUT2D eigenvalue weighted by Crippen LogP contribution is 2.14. The molecule has 50 valence electrons. The number of nitrogens with one attached hydrogen (secondary N) is 1. The zero-order chi connectivity index (χ0) is 6.27. The second-order valence-electron chi connectivity index (χ2n) is 2.57. The Hall–Kier alpha value is -0.570. The number of nitrogens with zero attached hydrogens (tertiary/aromatic N) is 1. The summed E-state index contributed by atoms with van der Waals surface area (Å²) in [6.45, 7) is 3.62. The van der Waals surface area contributed by atoms with Crippen molar-refractivity contribution in [2.24, 2.45) is 4.99 Å². The Morgan fingerprint density at radius 1 is 1.67 bits per heavy atom. The van der Waals surface area contributed by atoms with Gasteiger partial charge >= 0.3 is 0 Å². The van der Waals surface area contributed by atoms with Gasteiger partial charge in [-0.05, 0) is 6.92 Å². The molecular weight excluding hydrogens is 116 g/mol. The lowest BCUT2D eigenvalue weighted by molar-refractivity contribution is 0.188. The van der Waals surface area contributed by atoms with Crippen LogP contribution in [0.1, 0.15) is 6.92 Å². The Kier molecular flexibility index (Phi) is 0.990. The van der Waals surface area contributed by atoms with E-state index in [-0.39, 0.29) is 0 Å². The van der Waals surface area contributed by atoms with Gasteiger partial charge < -0.3 is 10.1 Å². The zero-order valence-corrected chi connectivity index (χ0v) is 5.42. The van der Waals surface area contributed by atoms with Gasteiger partial charge in [-0.1, -0.05) is 0 Å². The van der Waals surface area contributed by atoms with Crippen LogP contribution in [0.4, 0.5) is 0 Å². The van der Waals surface area contributed by atoms with Crippen LogP contribution in [0.15, 0.2) is 4.99 Å². The molecule has 3 nitrogen and oxygen atoms in total. The minimum absolute atomic E-state index is 0.407. The predicted octanol–water partition coefficient (Wildman–Crippen LogP) is -0.225. The first-order valence-electron chi connectivity index (χ1n) is 3.25. The van der Waals surface area contributed by atoms with Gasteiger partial charge in [0.1, 0.15) is 0 Å². The molecular formula is C6H10N2O. The second-order valence-corrected chi connectivity index (χ2v) is 2.57. The van der Waals surface area contributed by atoms with E-state index in [1.165, 1.54) is 0 Å². The van der Waals surface area contributed by atoms with Gasteiger partial charge in [0.25, 0.3) is 0 Å². The van der Waals surface area contributed by atoms with Gasteiger partial charge in [0, 0.05) is 0 Å². The van der Waals surface area contributed by atoms with Crippen LogP contribution >= 0.6 is 0 Å². The van der Waals surface area contributed by atoms with Gasteiger partial charge in [-0.25, -0.2) is 0 Å². The van der Waals surface area contributed by atoms with E-state index in [0.29, 0.717) is 12.1 Å². The standard InChI is InChI=1S/C6H10N2O/c1-4-7-5-2-9-3-6(5)8-4/h5-6H,2-3H2,1H3,(H,7,8). The fraction of sp³-hybridized carbons (Fsp3) is 0.833. The summed E-state index contributed by atoms with van der Waals surface area (Å²) in [6, 6.07) is 0.884. The molecule has 0 spiro atoms. The summed E-state index contributed by atoms with van der Waals surface area (Å²) in [4.78, 5) is 4.33. The molecule has 0 saturated carbocycles. The minimum Gasteiger partial charge on any atom is -0.377 e. The number of amidine groups is 1. The maximum atomic E-state index is 5.19. The molecule has 0 aromatic carbocycles. The van der Waals surface area contributed by atoms with Crippen LogP contribution in [-0.2, 0) is 4.74 Å². The molecule has 2 atom stereocenters. The van der Waals surface area contributed by atoms with Crippen molar-refractivity contribution in [2.45, 2.75) is 19.0 Å². The Labute approximate surface area is 54.1 Å². The summed E-state index contributed by atoms with van der Waals surface area (Å²) >= 11 is 0. The third-order valence-electron chi connectivity index (χ3n) is 1.80. The van der Waals surface area contributed by atoms with Crippen LogP contribution in [0.25, 0.3) is 0 Å². The lowest BCUT2D eigenvalue weighted by Crippen LogP contribution is -2.32. The molecule has 2 heterocycles. The molecule has 2 aliphatic heterocycles. The molecule has 0 aromatic rings. The van der Waals surface area contributed by atoms with Crippen LogP contribution in [0.3, 0.4) is 0 Å². The molecule has 0 aliphatic carbocycles. The molecule has 2 rings (SSSR count). The highest BCUT2D eigenvalue weighted by molar-refractivity contribution is 5.82. The summed E-state index contributed by atoms with van der Waals surface area (Å²) < 4.78 is 5.19. The lowest BCUT2D eigenvalue weighted by Gasteiger charge is -2.03. The van der Waals surface area contributed by atoms with E-state index in [0.717, 1.165) is 19.0 Å². The van der Waals surface area contributed by atoms with Crippen molar-refractivity contribution in [3.05, 3.63) is 0 Å². The predicted molar refractivity (Wildman–Crippen MR) is 34.6 cm³/mol. The van der Waals surface area contributed by atoms with Gasteiger partial charge in [0.15, 0.2) is 0 Å². The molecule has 1 N–H and O–H groups in total. The van der Waals surface area contributed by atoms with Crippen molar-refractivity contribution in [1.29, 1.82) is 0 Å². The average Bonchev–Trinajstić information content (AvgIpc) is 2.22. The van der Waals surface area contributed by atoms with E-state index in [2.05, 4.69) is 10.3 Å². The molecule has 1 fully saturated rings. The summed E-state index contributed by atoms with van der Waals surface area (Å²) in [5.74, 6) is 1.06. The summed E-state index contributed by atoms with van der Waals surface area (Å²) in [7, 11) is 0. The van der Waals surface area contributed by atoms with Gasteiger partial charge in [0.05, 0.1) is 31.1 Å². The number of aliphatic imine (C=N–C) groups is 1. The van der Waals surface area contributed by atoms with E-state index < -0.39 is 0 Å². The topological polar surface area (TPSA) is 33.6 Å². The van der Waals surface area contributed by atoms with E-state index in [9.17, 15) is 0 Å². The van der Waals surface area contributed by atoms with Gasteiger partial charge in [-0.3, -0.25) is 4.99 Å². The molecule has 9 heavy (non-hydrogen) atoms. The third-order valence-corrected chi connectivity index (χ3v) is 1.80. The Balaban J connectivity index is 2.13. The monoisotopic (exact) mass is 126 g/mol. The van der Waals surface area contributed by atoms with Crippen LogP contribution in [-0.4, -0.2) is 31.1 Å². The maximum Gasteiger partial charge on any atom is 0.0976 e. The first kappa shape index (κ1) is 5.23. The molecule has 0 amide bonds. The molecule has 0 radical (unpaired) electrons. The molecule has 1 saturated heterocycles. The highest BCUT2D eigenvalue weighted by Gasteiger charge is 2.31. The highest BCUT2D eigenvalue weighted by atomic mass is 16.5. The number of hydrogen-bond acceptors (Lipinski definition) is 3. The fourth-order valence-electron chi connectivity index (χ4n) is 1.36. The van der Waals surface area contributed by atoms with Gasteiger partial charge in [-0.2, -0.15) is 0 Å². The van der Waals surface area contributed by atoms with Gasteiger partial charge in [-0.15, -0.1) is 0 Å². The van der Waals surface area contributed by atoms with Crippen molar-refractivity contribution >= 4 is 5.84 Å². The Morgan fingerprint density at radius 2 is 2.56 bits per heavy atom. The van der Waals surface area contributed by atoms with E-state index in [1.807, 2.05) is 6.92 Å². The zero-order valence-electron chi connectivity index (χ0n) is 5.42. The largest absolute Gasteiger partial charge is 0.377 e. The second kappa shape index (κ2) is 1.70. The number of rotatable bonds is 0. The lowest BCUT2D eigenvalue weighted by atomic mass is 10.2. The van der Waals surface area contributed by atoms with Crippen LogP contribution in [0.2, 0.25) is 0 Å². The minimum atomic E-state index is 0.407. The van der Waals surface area contributed by atoms with E-state index in [1.54, 1.807) is 0 Å². The smallest absolute Gasteiger partial charge is 0.0976 e. The summed E-state index contributed by atoms with van der Waals surface area (Å²) in [5, 5.41) is 3.24. The van der Waals surface area contributed by atoms with Crippen molar-refractivity contribution < 1.29 is 4.74 Å². The number of hydrogen-bond donors (Lipinski definition) is 1. The van der Waals surface area contributed by atoms with Crippen LogP contribution in [0, 0.1) is 0 Å². The molecule has 0 bridgehead atoms. The molecule has 0 aromatic heterocycles. The quantitative estimate of drug-likeness (QED) is 0.486. The SMILES string of the molecule is CC1=NC2COCC2N1. The van der Waals surface area contributed by atoms with Crippen molar-refractivity contribution in [3.63, 3.8) is 0 Å². The van der Waals surface area contributed by atoms with E-state index >= 15 is 0 Å². The maximum absolute atomic E-state index is 5.19. The number of fused-ring (bicyclic) bond motifs is 1. The summed E-state index contributed by atoms with van der Waals surface area (Å²) in [6.07, 6.45) is 0. The van der Waals surface area contributed by atoms with Gasteiger partial charge in [0.2, 0.25) is 0 Å². The van der Waals surface area contributed by atoms with Crippen molar-refractivity contribution in [3.8, 4) is 0 Å². The normalized spacial score (nSPS) is 39.9. The molecule has 2 unspecified atom stereocenters. The first-order chi connectivity index (χ1) is 4.36. The molecule has 3 heteroatoms. The van der Waals surface area contributed by atoms with E-state index in [4.69, 9.17) is 4.74 Å². The summed E-state index contributed by atoms with van der Waals surface area (Å²) in [5.41, 5.74) is 0. The third kappa shape index (κ3) is 0.721. The Morgan fingerprint density at radius 3 is 3.33 bits per heavy atom. The molecule has 2 aliphatic rings. The van der Waals surface area contributed by atoms with Crippen LogP contribution < -0.4 is 5.32 Å². The Bertz CT molecular complexity index is 155.